The van der Waals surface area contributed by atoms with Crippen LogP contribution in [0.2, 0.25) is 0 Å². The highest BCUT2D eigenvalue weighted by molar-refractivity contribution is 5.78. The molecule has 2 aliphatic heterocycles. The van der Waals surface area contributed by atoms with Crippen molar-refractivity contribution in [2.24, 2.45) is 0 Å². The number of fused-ring (bicyclic) bond motifs is 2. The Hall–Kier alpha value is -3.13. The van der Waals surface area contributed by atoms with E-state index in [1.165, 1.54) is 0 Å². The van der Waals surface area contributed by atoms with E-state index in [1.54, 1.807) is 0 Å². The van der Waals surface area contributed by atoms with Gasteiger partial charge in [-0.1, -0.05) is 12.1 Å². The molecule has 32 heavy (non-hydrogen) atoms. The van der Waals surface area contributed by atoms with Gasteiger partial charge in [-0.05, 0) is 62.7 Å². The van der Waals surface area contributed by atoms with E-state index in [0.29, 0.717) is 38.8 Å². The maximum absolute atomic E-state index is 13.0. The number of aromatic nitrogens is 3. The van der Waals surface area contributed by atoms with Gasteiger partial charge in [0.15, 0.2) is 17.1 Å². The number of piperidine rings is 1. The van der Waals surface area contributed by atoms with Crippen LogP contribution in [0.1, 0.15) is 37.1 Å². The smallest absolute Gasteiger partial charge is 0.237 e. The zero-order valence-corrected chi connectivity index (χ0v) is 18.4. The van der Waals surface area contributed by atoms with Crippen LogP contribution >= 0.6 is 0 Å². The van der Waals surface area contributed by atoms with E-state index >= 15 is 0 Å². The number of ether oxygens (including phenoxy) is 2. The summed E-state index contributed by atoms with van der Waals surface area (Å²) in [6, 6.07) is 11.9. The summed E-state index contributed by atoms with van der Waals surface area (Å²) in [5.74, 6) is 3.10. The second kappa shape index (κ2) is 9.16. The highest BCUT2D eigenvalue weighted by atomic mass is 16.6. The molecular formula is C24H29N5O3. The van der Waals surface area contributed by atoms with Gasteiger partial charge in [-0.25, -0.2) is 0 Å². The molecule has 2 aliphatic rings. The Morgan fingerprint density at radius 3 is 2.72 bits per heavy atom. The van der Waals surface area contributed by atoms with Crippen LogP contribution in [-0.2, 0) is 11.3 Å². The fraction of sp³-hybridized carbons (Fsp3) is 0.458. The number of hydrogen-bond donors (Lipinski definition) is 0. The van der Waals surface area contributed by atoms with E-state index in [-0.39, 0.29) is 5.91 Å². The normalized spacial score (nSPS) is 16.9. The summed E-state index contributed by atoms with van der Waals surface area (Å²) in [4.78, 5) is 17.2. The number of nitrogens with zero attached hydrogens (tertiary/aromatic N) is 5. The molecule has 4 heterocycles. The molecule has 5 rings (SSSR count). The molecule has 0 saturated carbocycles. The van der Waals surface area contributed by atoms with Crippen LogP contribution in [0, 0.1) is 0 Å². The molecule has 0 N–H and O–H groups in total. The maximum Gasteiger partial charge on any atom is 0.237 e. The first-order valence-corrected chi connectivity index (χ1v) is 11.4. The Morgan fingerprint density at radius 2 is 1.91 bits per heavy atom. The Balaban J connectivity index is 1.17. The van der Waals surface area contributed by atoms with E-state index in [4.69, 9.17) is 9.47 Å². The number of benzene rings is 1. The number of likely N-dealkylation sites (N-methyl/N-ethyl adjacent to an activating group) is 1. The van der Waals surface area contributed by atoms with Gasteiger partial charge in [-0.15, -0.1) is 10.2 Å². The number of rotatable bonds is 6. The number of hydrogen-bond acceptors (Lipinski definition) is 6. The lowest BCUT2D eigenvalue weighted by molar-refractivity contribution is -0.133. The largest absolute Gasteiger partial charge is 0.486 e. The van der Waals surface area contributed by atoms with Gasteiger partial charge >= 0.3 is 0 Å². The molecule has 1 amide bonds. The average Bonchev–Trinajstić information content (AvgIpc) is 3.27. The molecule has 0 aliphatic carbocycles. The molecule has 8 nitrogen and oxygen atoms in total. The van der Waals surface area contributed by atoms with Crippen LogP contribution in [-0.4, -0.2) is 69.7 Å². The Bertz CT molecular complexity index is 1090. The Labute approximate surface area is 187 Å². The number of carbonyl (C=O) groups excluding carboxylic acids is 1. The van der Waals surface area contributed by atoms with Crippen molar-refractivity contribution in [1.29, 1.82) is 0 Å². The molecule has 1 fully saturated rings. The third kappa shape index (κ3) is 4.27. The van der Waals surface area contributed by atoms with Crippen molar-refractivity contribution in [2.45, 2.75) is 32.2 Å². The summed E-state index contributed by atoms with van der Waals surface area (Å²) in [7, 11) is 0. The number of amides is 1. The first-order chi connectivity index (χ1) is 15.7. The monoisotopic (exact) mass is 435 g/mol. The van der Waals surface area contributed by atoms with E-state index < -0.39 is 0 Å². The Kier molecular flexibility index (Phi) is 5.94. The van der Waals surface area contributed by atoms with E-state index in [2.05, 4.69) is 19.5 Å². The van der Waals surface area contributed by atoms with E-state index in [9.17, 15) is 4.79 Å². The summed E-state index contributed by atoms with van der Waals surface area (Å²) in [6.45, 7) is 6.65. The highest BCUT2D eigenvalue weighted by Crippen LogP contribution is 2.31. The lowest BCUT2D eigenvalue weighted by Gasteiger charge is -2.32. The van der Waals surface area contributed by atoms with Crippen molar-refractivity contribution in [3.63, 3.8) is 0 Å². The van der Waals surface area contributed by atoms with Crippen LogP contribution in [0.15, 0.2) is 42.6 Å². The molecule has 1 saturated heterocycles. The molecule has 168 valence electrons. The summed E-state index contributed by atoms with van der Waals surface area (Å²) in [6.07, 6.45) is 3.99. The fourth-order valence-corrected chi connectivity index (χ4v) is 4.56. The lowest BCUT2D eigenvalue weighted by atomic mass is 9.96. The maximum atomic E-state index is 13.0. The predicted molar refractivity (Wildman–Crippen MR) is 120 cm³/mol. The third-order valence-corrected chi connectivity index (χ3v) is 6.37. The second-order valence-corrected chi connectivity index (χ2v) is 8.42. The van der Waals surface area contributed by atoms with Gasteiger partial charge in [0.1, 0.15) is 19.0 Å². The van der Waals surface area contributed by atoms with Crippen molar-refractivity contribution in [3.05, 3.63) is 54.0 Å². The SMILES string of the molecule is CCN(Cc1ccc2c(c1)OCCO2)C(=O)CN1CCC(c2nnc3ccccn23)CC1. The minimum Gasteiger partial charge on any atom is -0.486 e. The van der Waals surface area contributed by atoms with Crippen molar-refractivity contribution in [1.82, 2.24) is 24.4 Å². The number of likely N-dealkylation sites (tertiary alicyclic amines) is 1. The first kappa shape index (κ1) is 20.8. The summed E-state index contributed by atoms with van der Waals surface area (Å²) in [5, 5.41) is 8.71. The molecule has 3 aromatic rings. The van der Waals surface area contributed by atoms with Crippen molar-refractivity contribution < 1.29 is 14.3 Å². The van der Waals surface area contributed by atoms with Crippen LogP contribution in [0.3, 0.4) is 0 Å². The molecule has 0 spiro atoms. The fourth-order valence-electron chi connectivity index (χ4n) is 4.56. The second-order valence-electron chi connectivity index (χ2n) is 8.42. The minimum atomic E-state index is 0.161. The summed E-state index contributed by atoms with van der Waals surface area (Å²) in [5.41, 5.74) is 1.94. The highest BCUT2D eigenvalue weighted by Gasteiger charge is 2.26. The molecule has 1 aromatic carbocycles. The quantitative estimate of drug-likeness (QED) is 0.593. The zero-order valence-electron chi connectivity index (χ0n) is 18.4. The van der Waals surface area contributed by atoms with Crippen molar-refractivity contribution in [3.8, 4) is 11.5 Å². The van der Waals surface area contributed by atoms with Gasteiger partial charge in [0.2, 0.25) is 5.91 Å². The molecule has 0 unspecified atom stereocenters. The number of carbonyl (C=O) groups is 1. The van der Waals surface area contributed by atoms with Crippen LogP contribution in [0.25, 0.3) is 5.65 Å². The number of pyridine rings is 1. The third-order valence-electron chi connectivity index (χ3n) is 6.37. The van der Waals surface area contributed by atoms with Crippen LogP contribution in [0.5, 0.6) is 11.5 Å². The zero-order chi connectivity index (χ0) is 21.9. The van der Waals surface area contributed by atoms with Crippen molar-refractivity contribution in [2.75, 3.05) is 39.4 Å². The lowest BCUT2D eigenvalue weighted by Crippen LogP contribution is -2.43. The van der Waals surface area contributed by atoms with Gasteiger partial charge in [0, 0.05) is 25.2 Å². The molecule has 0 radical (unpaired) electrons. The minimum absolute atomic E-state index is 0.161. The van der Waals surface area contributed by atoms with Gasteiger partial charge in [0.05, 0.1) is 6.54 Å². The predicted octanol–water partition coefficient (Wildman–Crippen LogP) is 2.73. The Morgan fingerprint density at radius 1 is 1.09 bits per heavy atom. The molecule has 0 atom stereocenters. The summed E-state index contributed by atoms with van der Waals surface area (Å²) < 4.78 is 13.4. The van der Waals surface area contributed by atoms with E-state index in [1.807, 2.05) is 54.4 Å². The topological polar surface area (TPSA) is 72.2 Å². The van der Waals surface area contributed by atoms with E-state index in [0.717, 1.165) is 54.5 Å². The molecule has 8 heteroatoms. The molecule has 0 bridgehead atoms. The van der Waals surface area contributed by atoms with Crippen molar-refractivity contribution >= 4 is 11.6 Å². The summed E-state index contributed by atoms with van der Waals surface area (Å²) >= 11 is 0. The van der Waals surface area contributed by atoms with Gasteiger partial charge < -0.3 is 14.4 Å². The standard InChI is InChI=1S/C24H29N5O3/c1-2-28(16-18-6-7-20-21(15-18)32-14-13-31-20)23(30)17-27-11-8-19(9-12-27)24-26-25-22-5-3-4-10-29(22)24/h3-7,10,15,19H,2,8-9,11-14,16-17H2,1H3. The first-order valence-electron chi connectivity index (χ1n) is 11.4. The van der Waals surface area contributed by atoms with Crippen LogP contribution in [0.4, 0.5) is 0 Å². The average molecular weight is 436 g/mol. The van der Waals surface area contributed by atoms with Gasteiger partial charge in [-0.2, -0.15) is 0 Å². The van der Waals surface area contributed by atoms with Crippen LogP contribution < -0.4 is 9.47 Å². The van der Waals surface area contributed by atoms with Gasteiger partial charge in [0.25, 0.3) is 0 Å². The molecule has 2 aromatic heterocycles. The molecular weight excluding hydrogens is 406 g/mol. The van der Waals surface area contributed by atoms with Gasteiger partial charge in [-0.3, -0.25) is 14.1 Å².